The number of hydrogen-bond acceptors (Lipinski definition) is 4. The van der Waals surface area contributed by atoms with Crippen LogP contribution in [-0.4, -0.2) is 49.1 Å². The summed E-state index contributed by atoms with van der Waals surface area (Å²) in [6, 6.07) is 7.61. The molecule has 0 bridgehead atoms. The highest BCUT2D eigenvalue weighted by molar-refractivity contribution is 5.79. The molecule has 2 N–H and O–H groups in total. The van der Waals surface area contributed by atoms with Gasteiger partial charge in [0.25, 0.3) is 0 Å². The molecule has 2 heterocycles. The van der Waals surface area contributed by atoms with Crippen LogP contribution in [0.2, 0.25) is 0 Å². The largest absolute Gasteiger partial charge is 0.497 e. The number of methoxy groups -OCH3 is 1. The Kier molecular flexibility index (Phi) is 5.58. The summed E-state index contributed by atoms with van der Waals surface area (Å²) in [4.78, 5) is 25.6. The zero-order valence-electron chi connectivity index (χ0n) is 14.6. The Morgan fingerprint density at radius 2 is 1.84 bits per heavy atom. The van der Waals surface area contributed by atoms with E-state index in [1.165, 1.54) is 0 Å². The molecule has 136 valence electrons. The van der Waals surface area contributed by atoms with Gasteiger partial charge in [-0.1, -0.05) is 12.1 Å². The van der Waals surface area contributed by atoms with Crippen molar-refractivity contribution in [3.63, 3.8) is 0 Å². The summed E-state index contributed by atoms with van der Waals surface area (Å²) in [5, 5.41) is 0. The normalized spacial score (nSPS) is 24.3. The molecular weight excluding hydrogens is 320 g/mol. The van der Waals surface area contributed by atoms with Gasteiger partial charge < -0.3 is 20.1 Å². The third-order valence-corrected chi connectivity index (χ3v) is 5.30. The Balaban J connectivity index is 1.46. The molecule has 2 aliphatic rings. The van der Waals surface area contributed by atoms with E-state index in [1.807, 2.05) is 29.2 Å². The van der Waals surface area contributed by atoms with Gasteiger partial charge in [0.05, 0.1) is 19.6 Å². The molecular formula is C19H26N2O4. The Hall–Kier alpha value is -2.08. The maximum absolute atomic E-state index is 12.5. The van der Waals surface area contributed by atoms with E-state index in [0.717, 1.165) is 50.1 Å². The van der Waals surface area contributed by atoms with Crippen molar-refractivity contribution in [3.8, 4) is 5.75 Å². The van der Waals surface area contributed by atoms with E-state index < -0.39 is 6.10 Å². The van der Waals surface area contributed by atoms with Crippen LogP contribution in [0.25, 0.3) is 0 Å². The first kappa shape index (κ1) is 17.7. The Morgan fingerprint density at radius 1 is 1.16 bits per heavy atom. The van der Waals surface area contributed by atoms with Gasteiger partial charge >= 0.3 is 0 Å². The highest BCUT2D eigenvalue weighted by Gasteiger charge is 2.36. The molecule has 1 aromatic carbocycles. The number of nitrogens with two attached hydrogens (primary N) is 1. The minimum Gasteiger partial charge on any atom is -0.497 e. The molecule has 6 heteroatoms. The van der Waals surface area contributed by atoms with Crippen molar-refractivity contribution in [1.29, 1.82) is 0 Å². The summed E-state index contributed by atoms with van der Waals surface area (Å²) in [5.74, 6) is 0.998. The van der Waals surface area contributed by atoms with Crippen LogP contribution in [0.4, 0.5) is 0 Å². The highest BCUT2D eigenvalue weighted by atomic mass is 16.5. The fourth-order valence-corrected chi connectivity index (χ4v) is 3.77. The van der Waals surface area contributed by atoms with Crippen molar-refractivity contribution in [2.45, 2.75) is 44.3 Å². The van der Waals surface area contributed by atoms with Gasteiger partial charge in [0.2, 0.25) is 11.8 Å². The van der Waals surface area contributed by atoms with Crippen LogP contribution >= 0.6 is 0 Å². The van der Waals surface area contributed by atoms with Crippen molar-refractivity contribution < 1.29 is 19.1 Å². The first-order valence-corrected chi connectivity index (χ1v) is 8.92. The lowest BCUT2D eigenvalue weighted by atomic mass is 9.89. The third-order valence-electron chi connectivity index (χ3n) is 5.30. The second kappa shape index (κ2) is 7.87. The molecule has 0 spiro atoms. The summed E-state index contributed by atoms with van der Waals surface area (Å²) in [5.41, 5.74) is 6.31. The second-order valence-electron chi connectivity index (χ2n) is 6.89. The number of amides is 2. The quantitative estimate of drug-likeness (QED) is 0.876. The molecule has 2 saturated heterocycles. The number of nitrogens with zero attached hydrogens (tertiary/aromatic N) is 1. The van der Waals surface area contributed by atoms with Gasteiger partial charge in [0, 0.05) is 13.1 Å². The predicted octanol–water partition coefficient (Wildman–Crippen LogP) is 1.51. The average molecular weight is 346 g/mol. The summed E-state index contributed by atoms with van der Waals surface area (Å²) < 4.78 is 10.9. The zero-order valence-corrected chi connectivity index (χ0v) is 14.6. The SMILES string of the molecule is COc1ccc(CC(=O)N2CCC([C@@H]3CC[C@H](C(N)=O)O3)CC2)cc1. The van der Waals surface area contributed by atoms with Gasteiger partial charge in [-0.2, -0.15) is 0 Å². The van der Waals surface area contributed by atoms with Gasteiger partial charge in [-0.3, -0.25) is 9.59 Å². The van der Waals surface area contributed by atoms with E-state index in [-0.39, 0.29) is 17.9 Å². The standard InChI is InChI=1S/C19H26N2O4/c1-24-15-4-2-13(3-5-15)12-18(22)21-10-8-14(9-11-21)16-6-7-17(25-16)19(20)23/h2-5,14,16-17H,6-12H2,1H3,(H2,20,23)/t16-,17+/m0/s1. The van der Waals surface area contributed by atoms with Crippen molar-refractivity contribution in [1.82, 2.24) is 4.90 Å². The lowest BCUT2D eigenvalue weighted by Crippen LogP contribution is -2.42. The summed E-state index contributed by atoms with van der Waals surface area (Å²) >= 11 is 0. The summed E-state index contributed by atoms with van der Waals surface area (Å²) in [7, 11) is 1.63. The second-order valence-corrected chi connectivity index (χ2v) is 6.89. The van der Waals surface area contributed by atoms with Crippen LogP contribution in [0.15, 0.2) is 24.3 Å². The molecule has 0 unspecified atom stereocenters. The molecule has 0 aromatic heterocycles. The minimum atomic E-state index is -0.431. The summed E-state index contributed by atoms with van der Waals surface area (Å²) in [6.07, 6.45) is 3.54. The van der Waals surface area contributed by atoms with Crippen LogP contribution in [0, 0.1) is 5.92 Å². The van der Waals surface area contributed by atoms with Crippen LogP contribution in [0.3, 0.4) is 0 Å². The average Bonchev–Trinajstić information content (AvgIpc) is 3.13. The van der Waals surface area contributed by atoms with Crippen LogP contribution in [-0.2, 0) is 20.7 Å². The Morgan fingerprint density at radius 3 is 2.40 bits per heavy atom. The van der Waals surface area contributed by atoms with E-state index in [1.54, 1.807) is 7.11 Å². The van der Waals surface area contributed by atoms with Crippen molar-refractivity contribution in [2.75, 3.05) is 20.2 Å². The van der Waals surface area contributed by atoms with E-state index >= 15 is 0 Å². The number of hydrogen-bond donors (Lipinski definition) is 1. The van der Waals surface area contributed by atoms with E-state index in [2.05, 4.69) is 0 Å². The molecule has 6 nitrogen and oxygen atoms in total. The van der Waals surface area contributed by atoms with Crippen LogP contribution < -0.4 is 10.5 Å². The van der Waals surface area contributed by atoms with E-state index in [9.17, 15) is 9.59 Å². The smallest absolute Gasteiger partial charge is 0.246 e. The first-order valence-electron chi connectivity index (χ1n) is 8.92. The van der Waals surface area contributed by atoms with Crippen LogP contribution in [0.5, 0.6) is 5.75 Å². The van der Waals surface area contributed by atoms with Gasteiger partial charge in [0.15, 0.2) is 0 Å². The van der Waals surface area contributed by atoms with Crippen molar-refractivity contribution in [2.24, 2.45) is 11.7 Å². The Bertz CT molecular complexity index is 608. The maximum atomic E-state index is 12.5. The fraction of sp³-hybridized carbons (Fsp3) is 0.579. The lowest BCUT2D eigenvalue weighted by molar-refractivity contribution is -0.133. The molecule has 2 atom stereocenters. The predicted molar refractivity (Wildman–Crippen MR) is 93.1 cm³/mol. The summed E-state index contributed by atoms with van der Waals surface area (Å²) in [6.45, 7) is 1.50. The van der Waals surface area contributed by atoms with Crippen LogP contribution in [0.1, 0.15) is 31.2 Å². The molecule has 25 heavy (non-hydrogen) atoms. The van der Waals surface area contributed by atoms with Gasteiger partial charge in [-0.15, -0.1) is 0 Å². The Labute approximate surface area is 148 Å². The lowest BCUT2D eigenvalue weighted by Gasteiger charge is -2.34. The number of piperidine rings is 1. The zero-order chi connectivity index (χ0) is 17.8. The third kappa shape index (κ3) is 4.31. The number of carbonyl (C=O) groups is 2. The molecule has 2 aliphatic heterocycles. The molecule has 1 aromatic rings. The molecule has 0 saturated carbocycles. The van der Waals surface area contributed by atoms with E-state index in [4.69, 9.17) is 15.2 Å². The van der Waals surface area contributed by atoms with Crippen molar-refractivity contribution in [3.05, 3.63) is 29.8 Å². The van der Waals surface area contributed by atoms with Crippen molar-refractivity contribution >= 4 is 11.8 Å². The molecule has 0 aliphatic carbocycles. The van der Waals surface area contributed by atoms with Gasteiger partial charge in [-0.25, -0.2) is 0 Å². The first-order chi connectivity index (χ1) is 12.1. The number of carbonyl (C=O) groups excluding carboxylic acids is 2. The topological polar surface area (TPSA) is 81.9 Å². The van der Waals surface area contributed by atoms with E-state index in [0.29, 0.717) is 12.3 Å². The minimum absolute atomic E-state index is 0.108. The number of rotatable bonds is 5. The molecule has 2 fully saturated rings. The number of primary amides is 1. The van der Waals surface area contributed by atoms with Gasteiger partial charge in [0.1, 0.15) is 11.9 Å². The molecule has 2 amide bonds. The number of benzene rings is 1. The van der Waals surface area contributed by atoms with Gasteiger partial charge in [-0.05, 0) is 49.3 Å². The number of likely N-dealkylation sites (tertiary alicyclic amines) is 1. The molecule has 0 radical (unpaired) electrons. The maximum Gasteiger partial charge on any atom is 0.246 e. The fourth-order valence-electron chi connectivity index (χ4n) is 3.77. The monoisotopic (exact) mass is 346 g/mol. The molecule has 3 rings (SSSR count). The number of ether oxygens (including phenoxy) is 2. The highest BCUT2D eigenvalue weighted by Crippen LogP contribution is 2.31.